The third-order valence-electron chi connectivity index (χ3n) is 5.51. The van der Waals surface area contributed by atoms with Crippen LogP contribution in [0.4, 0.5) is 0 Å². The Labute approximate surface area is 183 Å². The van der Waals surface area contributed by atoms with E-state index >= 15 is 0 Å². The van der Waals surface area contributed by atoms with Crippen LogP contribution in [0.1, 0.15) is 56.4 Å². The molecule has 0 aliphatic carbocycles. The Kier molecular flexibility index (Phi) is 7.65. The zero-order valence-electron chi connectivity index (χ0n) is 18.4. The molecule has 7 nitrogen and oxygen atoms in total. The van der Waals surface area contributed by atoms with Crippen LogP contribution in [0.5, 0.6) is 0 Å². The molecule has 3 rings (SSSR count). The van der Waals surface area contributed by atoms with Crippen LogP contribution in [0.15, 0.2) is 58.8 Å². The van der Waals surface area contributed by atoms with Crippen molar-refractivity contribution in [3.05, 3.63) is 76.2 Å². The minimum atomic E-state index is 0.0759. The van der Waals surface area contributed by atoms with Crippen molar-refractivity contribution >= 4 is 5.84 Å². The zero-order chi connectivity index (χ0) is 22.2. The molecule has 0 aliphatic heterocycles. The Morgan fingerprint density at radius 1 is 1.10 bits per heavy atom. The molecule has 0 unspecified atom stereocenters. The molecular formula is C24H32N6O. The number of pyridine rings is 1. The van der Waals surface area contributed by atoms with E-state index in [1.54, 1.807) is 12.4 Å². The normalized spacial score (nSPS) is 11.7. The van der Waals surface area contributed by atoms with Crippen molar-refractivity contribution in [3.8, 4) is 11.1 Å². The smallest absolute Gasteiger partial charge is 0.328 e. The Bertz CT molecular complexity index is 1080. The number of rotatable bonds is 10. The van der Waals surface area contributed by atoms with Gasteiger partial charge < -0.3 is 11.6 Å². The number of unbranched alkanes of at least 4 members (excludes halogenated alkanes) is 2. The maximum absolute atomic E-state index is 13.0. The maximum atomic E-state index is 13.0. The molecule has 0 fully saturated rings. The molecule has 0 saturated carbocycles. The summed E-state index contributed by atoms with van der Waals surface area (Å²) >= 11 is 0. The fraction of sp³-hybridized carbons (Fsp3) is 0.375. The van der Waals surface area contributed by atoms with Crippen LogP contribution < -0.4 is 17.3 Å². The first-order chi connectivity index (χ1) is 15.1. The van der Waals surface area contributed by atoms with E-state index in [1.807, 2.05) is 33.5 Å². The lowest BCUT2D eigenvalue weighted by molar-refractivity contribution is 0.591. The largest absolute Gasteiger partial charge is 0.382 e. The quantitative estimate of drug-likeness (QED) is 0.227. The number of hydrogen-bond donors (Lipinski definition) is 2. The zero-order valence-corrected chi connectivity index (χ0v) is 18.4. The van der Waals surface area contributed by atoms with E-state index < -0.39 is 0 Å². The highest BCUT2D eigenvalue weighted by molar-refractivity contribution is 6.02. The van der Waals surface area contributed by atoms with Gasteiger partial charge in [-0.1, -0.05) is 51.0 Å². The van der Waals surface area contributed by atoms with Gasteiger partial charge in [0.15, 0.2) is 5.84 Å². The average Bonchev–Trinajstić information content (AvgIpc) is 3.10. The van der Waals surface area contributed by atoms with Gasteiger partial charge >= 0.3 is 5.69 Å². The molecule has 4 N–H and O–H groups in total. The first-order valence-corrected chi connectivity index (χ1v) is 10.9. The summed E-state index contributed by atoms with van der Waals surface area (Å²) < 4.78 is 3.78. The van der Waals surface area contributed by atoms with E-state index in [4.69, 9.17) is 11.6 Å². The summed E-state index contributed by atoms with van der Waals surface area (Å²) in [7, 11) is 0. The SMILES string of the molecule is CCCCc1cn(CCCC)c(=O)n1Cc1ccc(-c2ccncc2/C(N)=N/N)cc1. The van der Waals surface area contributed by atoms with E-state index in [0.717, 1.165) is 61.0 Å². The van der Waals surface area contributed by atoms with Gasteiger partial charge in [-0.2, -0.15) is 5.10 Å². The van der Waals surface area contributed by atoms with Gasteiger partial charge in [-0.05, 0) is 42.0 Å². The third-order valence-corrected chi connectivity index (χ3v) is 5.51. The van der Waals surface area contributed by atoms with Gasteiger partial charge in [0.1, 0.15) is 0 Å². The van der Waals surface area contributed by atoms with E-state index in [1.165, 1.54) is 0 Å². The number of benzene rings is 1. The second-order valence-corrected chi connectivity index (χ2v) is 7.77. The summed E-state index contributed by atoms with van der Waals surface area (Å²) in [5.41, 5.74) is 10.8. The van der Waals surface area contributed by atoms with E-state index in [0.29, 0.717) is 12.1 Å². The lowest BCUT2D eigenvalue weighted by atomic mass is 10.00. The predicted molar refractivity (Wildman–Crippen MR) is 126 cm³/mol. The fourth-order valence-electron chi connectivity index (χ4n) is 3.69. The molecular weight excluding hydrogens is 388 g/mol. The molecule has 7 heteroatoms. The summed E-state index contributed by atoms with van der Waals surface area (Å²) in [6.45, 7) is 5.65. The number of nitrogens with zero attached hydrogens (tertiary/aromatic N) is 4. The van der Waals surface area contributed by atoms with Crippen LogP contribution in [0.2, 0.25) is 0 Å². The Morgan fingerprint density at radius 2 is 1.84 bits per heavy atom. The van der Waals surface area contributed by atoms with Crippen molar-refractivity contribution in [2.45, 2.75) is 59.0 Å². The maximum Gasteiger partial charge on any atom is 0.328 e. The number of amidine groups is 1. The molecule has 2 aromatic heterocycles. The summed E-state index contributed by atoms with van der Waals surface area (Å²) in [5.74, 6) is 5.60. The van der Waals surface area contributed by atoms with E-state index in [9.17, 15) is 4.79 Å². The number of aromatic nitrogens is 3. The lowest BCUT2D eigenvalue weighted by Crippen LogP contribution is -2.25. The molecule has 0 aliphatic rings. The molecule has 2 heterocycles. The number of hydrogen-bond acceptors (Lipinski definition) is 4. The standard InChI is InChI=1S/C24H32N6O/c1-3-5-7-20-17-29(14-6-4-2)24(31)30(20)16-18-8-10-19(11-9-18)21-12-13-27-15-22(21)23(25)28-26/h8-13,15,17H,3-7,14,16,26H2,1-2H3,(H2,25,28). The van der Waals surface area contributed by atoms with Gasteiger partial charge in [0.2, 0.25) is 0 Å². The predicted octanol–water partition coefficient (Wildman–Crippen LogP) is 3.48. The molecule has 0 radical (unpaired) electrons. The molecule has 164 valence electrons. The van der Waals surface area contributed by atoms with Crippen LogP contribution in [0.25, 0.3) is 11.1 Å². The number of aryl methyl sites for hydroxylation is 2. The lowest BCUT2D eigenvalue weighted by Gasteiger charge is -2.10. The number of imidazole rings is 1. The van der Waals surface area contributed by atoms with Crippen LogP contribution >= 0.6 is 0 Å². The molecule has 0 amide bonds. The topological polar surface area (TPSA) is 104 Å². The van der Waals surface area contributed by atoms with Gasteiger partial charge in [0, 0.05) is 36.4 Å². The van der Waals surface area contributed by atoms with Crippen LogP contribution in [0.3, 0.4) is 0 Å². The van der Waals surface area contributed by atoms with Gasteiger partial charge in [0.25, 0.3) is 0 Å². The van der Waals surface area contributed by atoms with Gasteiger partial charge in [-0.15, -0.1) is 0 Å². The highest BCUT2D eigenvalue weighted by Crippen LogP contribution is 2.23. The van der Waals surface area contributed by atoms with E-state index in [2.05, 4.69) is 36.1 Å². The van der Waals surface area contributed by atoms with Gasteiger partial charge in [0.05, 0.1) is 6.54 Å². The molecule has 0 saturated heterocycles. The van der Waals surface area contributed by atoms with Crippen molar-refractivity contribution in [2.24, 2.45) is 16.7 Å². The third kappa shape index (κ3) is 5.23. The molecule has 1 aromatic carbocycles. The van der Waals surface area contributed by atoms with Crippen molar-refractivity contribution in [2.75, 3.05) is 0 Å². The first-order valence-electron chi connectivity index (χ1n) is 10.9. The van der Waals surface area contributed by atoms with E-state index in [-0.39, 0.29) is 11.5 Å². The highest BCUT2D eigenvalue weighted by atomic mass is 16.1. The Balaban J connectivity index is 1.88. The highest BCUT2D eigenvalue weighted by Gasteiger charge is 2.13. The van der Waals surface area contributed by atoms with Crippen LogP contribution in [0, 0.1) is 0 Å². The summed E-state index contributed by atoms with van der Waals surface area (Å²) in [4.78, 5) is 17.1. The van der Waals surface area contributed by atoms with Crippen LogP contribution in [-0.4, -0.2) is 20.0 Å². The second kappa shape index (κ2) is 10.6. The van der Waals surface area contributed by atoms with Crippen molar-refractivity contribution < 1.29 is 0 Å². The first kappa shape index (κ1) is 22.3. The second-order valence-electron chi connectivity index (χ2n) is 7.77. The Morgan fingerprint density at radius 3 is 2.52 bits per heavy atom. The molecule has 0 atom stereocenters. The Hall–Kier alpha value is -3.35. The average molecular weight is 421 g/mol. The van der Waals surface area contributed by atoms with Gasteiger partial charge in [-0.25, -0.2) is 4.79 Å². The molecule has 3 aromatic rings. The summed E-state index contributed by atoms with van der Waals surface area (Å²) in [6, 6.07) is 10.1. The van der Waals surface area contributed by atoms with Crippen molar-refractivity contribution in [3.63, 3.8) is 0 Å². The minimum Gasteiger partial charge on any atom is -0.382 e. The minimum absolute atomic E-state index is 0.0759. The number of hydrazone groups is 1. The summed E-state index contributed by atoms with van der Waals surface area (Å²) in [6.07, 6.45) is 10.6. The molecule has 0 spiro atoms. The van der Waals surface area contributed by atoms with Crippen LogP contribution in [-0.2, 0) is 19.5 Å². The van der Waals surface area contributed by atoms with Gasteiger partial charge in [-0.3, -0.25) is 14.1 Å². The van der Waals surface area contributed by atoms with Crippen molar-refractivity contribution in [1.29, 1.82) is 0 Å². The summed E-state index contributed by atoms with van der Waals surface area (Å²) in [5, 5.41) is 3.60. The fourth-order valence-corrected chi connectivity index (χ4v) is 3.69. The number of nitrogens with two attached hydrogens (primary N) is 2. The van der Waals surface area contributed by atoms with Crippen molar-refractivity contribution in [1.82, 2.24) is 14.1 Å². The molecule has 0 bridgehead atoms. The monoisotopic (exact) mass is 420 g/mol. The molecule has 31 heavy (non-hydrogen) atoms.